The van der Waals surface area contributed by atoms with Crippen molar-refractivity contribution in [2.24, 2.45) is 0 Å². The highest BCUT2D eigenvalue weighted by molar-refractivity contribution is 6.31. The van der Waals surface area contributed by atoms with E-state index in [-0.39, 0.29) is 6.54 Å². The summed E-state index contributed by atoms with van der Waals surface area (Å²) in [4.78, 5) is 2.81. The van der Waals surface area contributed by atoms with Gasteiger partial charge in [0.15, 0.2) is 0 Å². The third-order valence-corrected chi connectivity index (χ3v) is 3.57. The van der Waals surface area contributed by atoms with Crippen LogP contribution >= 0.6 is 0 Å². The lowest BCUT2D eigenvalue weighted by molar-refractivity contribution is -0.113. The molecule has 0 aromatic heterocycles. The van der Waals surface area contributed by atoms with Gasteiger partial charge in [-0.2, -0.15) is 0 Å². The van der Waals surface area contributed by atoms with Crippen LogP contribution in [0, 0.1) is 0 Å². The maximum atomic E-state index is 9.37. The average molecular weight is 257 g/mol. The SMILES string of the molecule is OC[C@@H](O)[C@@H](O)[C@H](O)[C@@H](O)CN[SiH2]O[SiH3]. The summed E-state index contributed by atoms with van der Waals surface area (Å²) in [6, 6.07) is 0. The van der Waals surface area contributed by atoms with Gasteiger partial charge in [-0.05, 0) is 0 Å². The Morgan fingerprint density at radius 1 is 1.13 bits per heavy atom. The maximum Gasteiger partial charge on any atom is 0.224 e. The van der Waals surface area contributed by atoms with Crippen molar-refractivity contribution in [1.82, 2.24) is 4.98 Å². The number of hydrogen-bond acceptors (Lipinski definition) is 7. The van der Waals surface area contributed by atoms with E-state index in [9.17, 15) is 15.3 Å². The topological polar surface area (TPSA) is 122 Å². The van der Waals surface area contributed by atoms with Gasteiger partial charge in [-0.15, -0.1) is 0 Å². The average Bonchev–Trinajstić information content (AvgIpc) is 2.26. The first-order chi connectivity index (χ1) is 7.04. The second-order valence-electron chi connectivity index (χ2n) is 3.19. The quantitative estimate of drug-likeness (QED) is 0.189. The Bertz CT molecular complexity index is 165. The van der Waals surface area contributed by atoms with Crippen molar-refractivity contribution in [3.8, 4) is 0 Å². The molecule has 15 heavy (non-hydrogen) atoms. The number of nitrogens with one attached hydrogen (secondary N) is 1. The Kier molecular flexibility index (Phi) is 8.41. The molecule has 6 N–H and O–H groups in total. The normalized spacial score (nSPS) is 20.6. The molecule has 0 unspecified atom stereocenters. The predicted octanol–water partition coefficient (Wildman–Crippen LogP) is -5.69. The molecule has 0 bridgehead atoms. The molecule has 0 aliphatic carbocycles. The molecule has 0 heterocycles. The van der Waals surface area contributed by atoms with E-state index < -0.39 is 40.9 Å². The highest BCUT2D eigenvalue weighted by Gasteiger charge is 2.29. The number of rotatable bonds is 8. The molecule has 0 rings (SSSR count). The van der Waals surface area contributed by atoms with E-state index in [1.165, 1.54) is 0 Å². The van der Waals surface area contributed by atoms with E-state index in [0.29, 0.717) is 10.5 Å². The van der Waals surface area contributed by atoms with Gasteiger partial charge < -0.3 is 34.6 Å². The van der Waals surface area contributed by atoms with Crippen LogP contribution in [-0.4, -0.2) is 83.5 Å². The Morgan fingerprint density at radius 2 is 1.67 bits per heavy atom. The highest BCUT2D eigenvalue weighted by Crippen LogP contribution is 2.04. The molecule has 92 valence electrons. The Morgan fingerprint density at radius 3 is 2.13 bits per heavy atom. The van der Waals surface area contributed by atoms with Gasteiger partial charge in [-0.3, -0.25) is 0 Å². The molecule has 0 saturated heterocycles. The fourth-order valence-corrected chi connectivity index (χ4v) is 2.22. The summed E-state index contributed by atoms with van der Waals surface area (Å²) in [5.41, 5.74) is 0. The molecular formula is C6H19NO6Si2. The third-order valence-electron chi connectivity index (χ3n) is 1.93. The second kappa shape index (κ2) is 8.32. The zero-order valence-corrected chi connectivity index (χ0v) is 12.0. The number of hydrogen-bond donors (Lipinski definition) is 6. The summed E-state index contributed by atoms with van der Waals surface area (Å²) in [5.74, 6) is 0. The minimum atomic E-state index is -1.56. The molecule has 4 atom stereocenters. The van der Waals surface area contributed by atoms with Gasteiger partial charge in [0.1, 0.15) is 28.8 Å². The molecule has 7 nitrogen and oxygen atoms in total. The Labute approximate surface area is 93.3 Å². The summed E-state index contributed by atoms with van der Waals surface area (Å²) >= 11 is 0. The van der Waals surface area contributed by atoms with Crippen molar-refractivity contribution < 1.29 is 29.6 Å². The van der Waals surface area contributed by atoms with E-state index in [0.717, 1.165) is 0 Å². The molecule has 0 spiro atoms. The fourth-order valence-electron chi connectivity index (χ4n) is 0.993. The molecule has 9 heteroatoms. The first kappa shape index (κ1) is 15.2. The van der Waals surface area contributed by atoms with Crippen LogP contribution in [0.1, 0.15) is 0 Å². The minimum Gasteiger partial charge on any atom is -0.457 e. The lowest BCUT2D eigenvalue weighted by Crippen LogP contribution is -2.49. The zero-order valence-electron chi connectivity index (χ0n) is 8.58. The highest BCUT2D eigenvalue weighted by atomic mass is 28.3. The van der Waals surface area contributed by atoms with E-state index in [2.05, 4.69) is 4.98 Å². The van der Waals surface area contributed by atoms with Crippen molar-refractivity contribution in [2.45, 2.75) is 24.4 Å². The van der Waals surface area contributed by atoms with Gasteiger partial charge in [0.25, 0.3) is 0 Å². The van der Waals surface area contributed by atoms with Crippen LogP contribution < -0.4 is 4.98 Å². The molecular weight excluding hydrogens is 238 g/mol. The molecule has 0 aromatic rings. The number of aliphatic hydroxyl groups is 5. The van der Waals surface area contributed by atoms with Crippen LogP contribution in [-0.2, 0) is 4.12 Å². The Hall–Kier alpha value is 0.154. The van der Waals surface area contributed by atoms with Gasteiger partial charge in [-0.1, -0.05) is 0 Å². The van der Waals surface area contributed by atoms with E-state index in [1.807, 2.05) is 0 Å². The van der Waals surface area contributed by atoms with E-state index in [4.69, 9.17) is 14.3 Å². The van der Waals surface area contributed by atoms with Crippen LogP contribution in [0.15, 0.2) is 0 Å². The smallest absolute Gasteiger partial charge is 0.224 e. The molecule has 0 aromatic carbocycles. The largest absolute Gasteiger partial charge is 0.457 e. The first-order valence-electron chi connectivity index (χ1n) is 4.57. The van der Waals surface area contributed by atoms with Gasteiger partial charge >= 0.3 is 0 Å². The molecule has 0 aliphatic rings. The molecule has 0 radical (unpaired) electrons. The summed E-state index contributed by atoms with van der Waals surface area (Å²) in [7, 11) is -0.233. The lowest BCUT2D eigenvalue weighted by atomic mass is 10.0. The van der Waals surface area contributed by atoms with Crippen molar-refractivity contribution in [2.75, 3.05) is 13.2 Å². The zero-order chi connectivity index (χ0) is 11.8. The first-order valence-corrected chi connectivity index (χ1v) is 6.67. The van der Waals surface area contributed by atoms with Crippen molar-refractivity contribution >= 4 is 20.4 Å². The van der Waals surface area contributed by atoms with Crippen molar-refractivity contribution in [3.63, 3.8) is 0 Å². The second-order valence-corrected chi connectivity index (χ2v) is 6.28. The van der Waals surface area contributed by atoms with E-state index >= 15 is 0 Å². The summed E-state index contributed by atoms with van der Waals surface area (Å²) in [5, 5.41) is 45.5. The molecule has 0 saturated carbocycles. The lowest BCUT2D eigenvalue weighted by Gasteiger charge is -2.25. The van der Waals surface area contributed by atoms with Crippen LogP contribution in [0.5, 0.6) is 0 Å². The van der Waals surface area contributed by atoms with Crippen molar-refractivity contribution in [1.29, 1.82) is 0 Å². The molecule has 0 amide bonds. The van der Waals surface area contributed by atoms with Crippen molar-refractivity contribution in [3.05, 3.63) is 0 Å². The predicted molar refractivity (Wildman–Crippen MR) is 58.7 cm³/mol. The summed E-state index contributed by atoms with van der Waals surface area (Å²) < 4.78 is 4.92. The monoisotopic (exact) mass is 257 g/mol. The van der Waals surface area contributed by atoms with Crippen LogP contribution in [0.4, 0.5) is 0 Å². The van der Waals surface area contributed by atoms with Gasteiger partial charge in [-0.25, -0.2) is 0 Å². The van der Waals surface area contributed by atoms with Gasteiger partial charge in [0, 0.05) is 6.54 Å². The summed E-state index contributed by atoms with van der Waals surface area (Å²) in [6.07, 6.45) is -5.72. The summed E-state index contributed by atoms with van der Waals surface area (Å²) in [6.45, 7) is -0.582. The van der Waals surface area contributed by atoms with Gasteiger partial charge in [0.2, 0.25) is 9.92 Å². The fraction of sp³-hybridized carbons (Fsp3) is 1.00. The van der Waals surface area contributed by atoms with Gasteiger partial charge in [0.05, 0.1) is 12.7 Å². The Balaban J connectivity index is 3.90. The van der Waals surface area contributed by atoms with Crippen LogP contribution in [0.25, 0.3) is 0 Å². The number of aliphatic hydroxyl groups excluding tert-OH is 5. The van der Waals surface area contributed by atoms with Crippen LogP contribution in [0.3, 0.4) is 0 Å². The van der Waals surface area contributed by atoms with E-state index in [1.54, 1.807) is 0 Å². The molecule has 0 fully saturated rings. The maximum absolute atomic E-state index is 9.37. The molecule has 0 aliphatic heterocycles. The third kappa shape index (κ3) is 5.70. The standard InChI is InChI=1S/C6H19NO6Si2/c8-2-4(10)6(12)5(11)3(9)1-7-15-13-14/h3-12H,1-2,15H2,14H3/t3-,4+,5+,6+/m0/s1. The minimum absolute atomic E-state index is 0.0881. The van der Waals surface area contributed by atoms with Crippen LogP contribution in [0.2, 0.25) is 0 Å².